The van der Waals surface area contributed by atoms with Gasteiger partial charge in [-0.05, 0) is 23.3 Å². The molecular formula is C18H21N2O. The highest BCUT2D eigenvalue weighted by Crippen LogP contribution is 2.33. The van der Waals surface area contributed by atoms with Gasteiger partial charge in [-0.1, -0.05) is 49.4 Å². The first-order chi connectivity index (χ1) is 10.2. The first-order valence-electron chi connectivity index (χ1n) is 7.45. The molecule has 1 aliphatic rings. The first kappa shape index (κ1) is 14.1. The molecule has 0 aliphatic heterocycles. The summed E-state index contributed by atoms with van der Waals surface area (Å²) in [6.45, 7) is 2.97. The summed E-state index contributed by atoms with van der Waals surface area (Å²) in [6, 6.07) is 18.5. The fraction of sp³-hybridized carbons (Fsp3) is 0.333. The number of nitrogens with zero attached hydrogens (tertiary/aromatic N) is 2. The Morgan fingerprint density at radius 2 is 1.57 bits per heavy atom. The number of hydrogen-bond acceptors (Lipinski definition) is 2. The van der Waals surface area contributed by atoms with E-state index in [-0.39, 0.29) is 0 Å². The van der Waals surface area contributed by atoms with E-state index in [1.165, 1.54) is 11.1 Å². The molecule has 0 aromatic heterocycles. The molecule has 0 atom stereocenters. The number of para-hydroxylation sites is 1. The monoisotopic (exact) mass is 281 g/mol. The van der Waals surface area contributed by atoms with Crippen LogP contribution < -0.4 is 10.2 Å². The van der Waals surface area contributed by atoms with Crippen LogP contribution in [0.1, 0.15) is 18.1 Å². The van der Waals surface area contributed by atoms with Crippen LogP contribution in [-0.2, 0) is 12.8 Å². The summed E-state index contributed by atoms with van der Waals surface area (Å²) >= 11 is 0. The molecular weight excluding hydrogens is 260 g/mol. The van der Waals surface area contributed by atoms with E-state index < -0.39 is 5.72 Å². The Morgan fingerprint density at radius 1 is 1.00 bits per heavy atom. The summed E-state index contributed by atoms with van der Waals surface area (Å²) in [5.41, 5.74) is 7.00. The summed E-state index contributed by atoms with van der Waals surface area (Å²) in [6.07, 6.45) is 1.64. The average molecular weight is 281 g/mol. The molecule has 0 unspecified atom stereocenters. The zero-order valence-electron chi connectivity index (χ0n) is 12.6. The maximum Gasteiger partial charge on any atom is 0.198 e. The fourth-order valence-corrected chi connectivity index (χ4v) is 2.81. The van der Waals surface area contributed by atoms with Crippen molar-refractivity contribution in [3.05, 3.63) is 65.7 Å². The molecule has 0 saturated carbocycles. The Morgan fingerprint density at radius 3 is 2.14 bits per heavy atom. The van der Waals surface area contributed by atoms with Crippen LogP contribution >= 0.6 is 0 Å². The minimum atomic E-state index is -0.518. The van der Waals surface area contributed by atoms with Crippen molar-refractivity contribution in [1.82, 2.24) is 10.4 Å². The molecule has 2 aromatic rings. The third-order valence-corrected chi connectivity index (χ3v) is 3.91. The van der Waals surface area contributed by atoms with Gasteiger partial charge in [0.05, 0.1) is 0 Å². The Labute approximate surface area is 126 Å². The van der Waals surface area contributed by atoms with Gasteiger partial charge in [-0.15, -0.1) is 5.43 Å². The normalized spacial score (nSPS) is 16.0. The van der Waals surface area contributed by atoms with Crippen molar-refractivity contribution >= 4 is 0 Å². The van der Waals surface area contributed by atoms with Gasteiger partial charge < -0.3 is 4.74 Å². The Kier molecular flexibility index (Phi) is 3.95. The molecule has 0 saturated heterocycles. The standard InChI is InChI=1S/C18H21N2O/c1-3-20(2)19-18(21-17-11-5-4-6-12-17)13-15-9-7-8-10-16(15)14-18/h4-12H,3,13-14H2,1-2H3. The summed E-state index contributed by atoms with van der Waals surface area (Å²) < 4.78 is 6.31. The topological polar surface area (TPSA) is 26.6 Å². The number of benzene rings is 2. The molecule has 3 rings (SSSR count). The average Bonchev–Trinajstić information content (AvgIpc) is 2.85. The van der Waals surface area contributed by atoms with Crippen molar-refractivity contribution in [3.8, 4) is 5.75 Å². The highest BCUT2D eigenvalue weighted by molar-refractivity contribution is 5.36. The van der Waals surface area contributed by atoms with Crippen molar-refractivity contribution in [2.75, 3.05) is 13.6 Å². The van der Waals surface area contributed by atoms with E-state index in [4.69, 9.17) is 10.2 Å². The third kappa shape index (κ3) is 3.09. The summed E-state index contributed by atoms with van der Waals surface area (Å²) in [4.78, 5) is 0. The van der Waals surface area contributed by atoms with Gasteiger partial charge in [-0.25, -0.2) is 5.01 Å². The molecule has 0 heterocycles. The fourth-order valence-electron chi connectivity index (χ4n) is 2.81. The number of ether oxygens (including phenoxy) is 1. The van der Waals surface area contributed by atoms with E-state index in [9.17, 15) is 0 Å². The highest BCUT2D eigenvalue weighted by atomic mass is 16.5. The molecule has 1 aliphatic carbocycles. The molecule has 3 nitrogen and oxygen atoms in total. The Hall–Kier alpha value is -1.84. The third-order valence-electron chi connectivity index (χ3n) is 3.91. The van der Waals surface area contributed by atoms with Crippen LogP contribution in [0.2, 0.25) is 0 Å². The lowest BCUT2D eigenvalue weighted by Crippen LogP contribution is -2.52. The lowest BCUT2D eigenvalue weighted by molar-refractivity contribution is -0.0292. The maximum atomic E-state index is 6.31. The lowest BCUT2D eigenvalue weighted by atomic mass is 10.1. The van der Waals surface area contributed by atoms with Crippen LogP contribution in [-0.4, -0.2) is 24.3 Å². The zero-order valence-corrected chi connectivity index (χ0v) is 12.6. The van der Waals surface area contributed by atoms with Crippen LogP contribution in [0.3, 0.4) is 0 Å². The molecule has 0 fully saturated rings. The molecule has 0 amide bonds. The summed E-state index contributed by atoms with van der Waals surface area (Å²) in [7, 11) is 2.00. The quantitative estimate of drug-likeness (QED) is 0.788. The Bertz CT molecular complexity index is 572. The first-order valence-corrected chi connectivity index (χ1v) is 7.45. The molecule has 3 heteroatoms. The molecule has 2 aromatic carbocycles. The maximum absolute atomic E-state index is 6.31. The van der Waals surface area contributed by atoms with Crippen LogP contribution in [0.4, 0.5) is 0 Å². The van der Waals surface area contributed by atoms with Crippen LogP contribution in [0.5, 0.6) is 5.75 Å². The molecule has 21 heavy (non-hydrogen) atoms. The minimum absolute atomic E-state index is 0.518. The van der Waals surface area contributed by atoms with Gasteiger partial charge in [0, 0.05) is 26.4 Å². The number of hydrogen-bond donors (Lipinski definition) is 0. The molecule has 0 N–H and O–H groups in total. The van der Waals surface area contributed by atoms with Gasteiger partial charge in [0.15, 0.2) is 5.72 Å². The number of rotatable bonds is 5. The number of fused-ring (bicyclic) bond motifs is 1. The van der Waals surface area contributed by atoms with Crippen molar-refractivity contribution in [2.24, 2.45) is 0 Å². The molecule has 0 spiro atoms. The Balaban J connectivity index is 1.87. The van der Waals surface area contributed by atoms with Crippen LogP contribution in [0.25, 0.3) is 0 Å². The smallest absolute Gasteiger partial charge is 0.198 e. The highest BCUT2D eigenvalue weighted by Gasteiger charge is 2.41. The van der Waals surface area contributed by atoms with E-state index in [0.717, 1.165) is 25.1 Å². The molecule has 109 valence electrons. The van der Waals surface area contributed by atoms with Crippen molar-refractivity contribution in [3.63, 3.8) is 0 Å². The lowest BCUT2D eigenvalue weighted by Gasteiger charge is -2.33. The predicted molar refractivity (Wildman–Crippen MR) is 84.1 cm³/mol. The van der Waals surface area contributed by atoms with Crippen molar-refractivity contribution in [2.45, 2.75) is 25.5 Å². The second-order valence-electron chi connectivity index (χ2n) is 5.56. The SMILES string of the molecule is CCN(C)[N]C1(Oc2ccccc2)Cc2ccccc2C1. The minimum Gasteiger partial charge on any atom is -0.469 e. The second-order valence-corrected chi connectivity index (χ2v) is 5.56. The zero-order chi connectivity index (χ0) is 14.7. The van der Waals surface area contributed by atoms with Crippen molar-refractivity contribution < 1.29 is 4.74 Å². The van der Waals surface area contributed by atoms with Gasteiger partial charge in [0.25, 0.3) is 0 Å². The van der Waals surface area contributed by atoms with E-state index in [0.29, 0.717) is 0 Å². The van der Waals surface area contributed by atoms with Gasteiger partial charge in [-0.3, -0.25) is 0 Å². The largest absolute Gasteiger partial charge is 0.469 e. The van der Waals surface area contributed by atoms with E-state index in [2.05, 4.69) is 31.2 Å². The van der Waals surface area contributed by atoms with Gasteiger partial charge >= 0.3 is 0 Å². The van der Waals surface area contributed by atoms with Gasteiger partial charge in [0.1, 0.15) is 5.75 Å². The molecule has 0 bridgehead atoms. The molecule has 1 radical (unpaired) electrons. The van der Waals surface area contributed by atoms with Crippen LogP contribution in [0.15, 0.2) is 54.6 Å². The summed E-state index contributed by atoms with van der Waals surface area (Å²) in [5, 5.41) is 1.97. The van der Waals surface area contributed by atoms with Gasteiger partial charge in [-0.2, -0.15) is 0 Å². The van der Waals surface area contributed by atoms with E-state index in [1.54, 1.807) is 0 Å². The predicted octanol–water partition coefficient (Wildman–Crippen LogP) is 3.03. The van der Waals surface area contributed by atoms with E-state index in [1.807, 2.05) is 42.4 Å². The summed E-state index contributed by atoms with van der Waals surface area (Å²) in [5.74, 6) is 0.874. The van der Waals surface area contributed by atoms with Gasteiger partial charge in [0.2, 0.25) is 0 Å². The van der Waals surface area contributed by atoms with Crippen molar-refractivity contribution in [1.29, 1.82) is 0 Å². The second kappa shape index (κ2) is 5.88. The van der Waals surface area contributed by atoms with Crippen LogP contribution in [0, 0.1) is 0 Å². The van der Waals surface area contributed by atoms with E-state index >= 15 is 0 Å².